The van der Waals surface area contributed by atoms with Gasteiger partial charge in [0.15, 0.2) is 0 Å². The number of hydrogen-bond acceptors (Lipinski definition) is 0. The van der Waals surface area contributed by atoms with E-state index >= 15 is 0 Å². The third kappa shape index (κ3) is 4.64. The van der Waals surface area contributed by atoms with Crippen molar-refractivity contribution in [3.63, 3.8) is 0 Å². The summed E-state index contributed by atoms with van der Waals surface area (Å²) in [6, 6.07) is 64.0. The van der Waals surface area contributed by atoms with Gasteiger partial charge in [0.2, 0.25) is 0 Å². The third-order valence-electron chi connectivity index (χ3n) is 10.5. The summed E-state index contributed by atoms with van der Waals surface area (Å²) in [5.41, 5.74) is 15.1. The molecule has 2 nitrogen and oxygen atoms in total. The van der Waals surface area contributed by atoms with E-state index in [2.05, 4.69) is 197 Å². The molecule has 0 fully saturated rings. The zero-order chi connectivity index (χ0) is 33.0. The molecule has 1 atom stereocenters. The van der Waals surface area contributed by atoms with Gasteiger partial charge in [-0.1, -0.05) is 133 Å². The standard InChI is InChI=1S/C48H34N2/c1-3-12-33(13-4-1)35-22-26-39(27-23-35)49-45-20-9-7-18-41(45)43-31-37(24-28-47(43)49)38-25-29-48-44(32-38)42-19-8-10-21-46(42)50(48)40-17-11-16-36(30-40)34-14-5-2-6-15-34/h1-30,32,37H,31H2. The van der Waals surface area contributed by atoms with Crippen molar-refractivity contribution in [3.8, 4) is 33.6 Å². The molecule has 10 rings (SSSR count). The summed E-state index contributed by atoms with van der Waals surface area (Å²) < 4.78 is 4.86. The number of para-hydroxylation sites is 2. The molecule has 236 valence electrons. The summed E-state index contributed by atoms with van der Waals surface area (Å²) in [5.74, 6) is 0.287. The largest absolute Gasteiger partial charge is 0.310 e. The van der Waals surface area contributed by atoms with E-state index in [0.717, 1.165) is 6.42 Å². The van der Waals surface area contributed by atoms with Gasteiger partial charge >= 0.3 is 0 Å². The molecule has 0 spiro atoms. The van der Waals surface area contributed by atoms with Crippen molar-refractivity contribution in [1.29, 1.82) is 0 Å². The zero-order valence-electron chi connectivity index (χ0n) is 27.6. The Labute approximate surface area is 291 Å². The highest BCUT2D eigenvalue weighted by Crippen LogP contribution is 2.41. The Morgan fingerprint density at radius 3 is 1.76 bits per heavy atom. The van der Waals surface area contributed by atoms with Crippen molar-refractivity contribution in [1.82, 2.24) is 9.13 Å². The monoisotopic (exact) mass is 638 g/mol. The molecular formula is C48H34N2. The summed E-state index contributed by atoms with van der Waals surface area (Å²) in [6.07, 6.45) is 5.74. The summed E-state index contributed by atoms with van der Waals surface area (Å²) in [7, 11) is 0. The predicted octanol–water partition coefficient (Wildman–Crippen LogP) is 12.4. The second kappa shape index (κ2) is 11.6. The first-order chi connectivity index (χ1) is 24.8. The number of fused-ring (bicyclic) bond motifs is 6. The number of benzene rings is 7. The molecule has 1 aliphatic carbocycles. The quantitative estimate of drug-likeness (QED) is 0.178. The summed E-state index contributed by atoms with van der Waals surface area (Å²) in [5, 5.41) is 3.91. The smallest absolute Gasteiger partial charge is 0.0541 e. The van der Waals surface area contributed by atoms with Gasteiger partial charge < -0.3 is 9.13 Å². The second-order valence-corrected chi connectivity index (χ2v) is 13.3. The molecule has 0 saturated heterocycles. The van der Waals surface area contributed by atoms with Crippen molar-refractivity contribution >= 4 is 38.8 Å². The van der Waals surface area contributed by atoms with Gasteiger partial charge in [0, 0.05) is 39.1 Å². The second-order valence-electron chi connectivity index (χ2n) is 13.3. The van der Waals surface area contributed by atoms with Gasteiger partial charge in [-0.15, -0.1) is 0 Å². The molecule has 0 N–H and O–H groups in total. The van der Waals surface area contributed by atoms with E-state index in [1.54, 1.807) is 0 Å². The lowest BCUT2D eigenvalue weighted by molar-refractivity contribution is 0.826. The summed E-state index contributed by atoms with van der Waals surface area (Å²) >= 11 is 0. The molecule has 1 unspecified atom stereocenters. The lowest BCUT2D eigenvalue weighted by atomic mass is 9.86. The SMILES string of the molecule is C1=CC(c2ccc3c(c2)c2ccccc2n3-c2cccc(-c3ccccc3)c2)Cc2c1n(-c1ccc(-c3ccccc3)cc1)c1ccccc21. The van der Waals surface area contributed by atoms with Crippen LogP contribution in [-0.4, -0.2) is 9.13 Å². The fraction of sp³-hybridized carbons (Fsp3) is 0.0417. The van der Waals surface area contributed by atoms with Gasteiger partial charge in [-0.05, 0) is 94.4 Å². The van der Waals surface area contributed by atoms with E-state index in [1.165, 1.54) is 83.2 Å². The maximum atomic E-state index is 2.44. The van der Waals surface area contributed by atoms with Crippen LogP contribution in [-0.2, 0) is 6.42 Å². The first-order valence-corrected chi connectivity index (χ1v) is 17.5. The van der Waals surface area contributed by atoms with Crippen LogP contribution in [0.4, 0.5) is 0 Å². The zero-order valence-corrected chi connectivity index (χ0v) is 27.6. The van der Waals surface area contributed by atoms with Crippen LogP contribution in [0.15, 0.2) is 182 Å². The molecule has 9 aromatic rings. The van der Waals surface area contributed by atoms with Crippen LogP contribution in [0.2, 0.25) is 0 Å². The minimum Gasteiger partial charge on any atom is -0.310 e. The average molecular weight is 639 g/mol. The van der Waals surface area contributed by atoms with Crippen LogP contribution in [0.3, 0.4) is 0 Å². The maximum Gasteiger partial charge on any atom is 0.0541 e. The Hall–Kier alpha value is -6.38. The Morgan fingerprint density at radius 1 is 0.400 bits per heavy atom. The molecule has 0 aliphatic heterocycles. The van der Waals surface area contributed by atoms with Gasteiger partial charge in [-0.2, -0.15) is 0 Å². The highest BCUT2D eigenvalue weighted by molar-refractivity contribution is 6.09. The van der Waals surface area contributed by atoms with Crippen molar-refractivity contribution < 1.29 is 0 Å². The molecule has 0 saturated carbocycles. The van der Waals surface area contributed by atoms with Crippen LogP contribution >= 0.6 is 0 Å². The average Bonchev–Trinajstić information content (AvgIpc) is 3.71. The molecule has 2 heterocycles. The number of aromatic nitrogens is 2. The minimum atomic E-state index is 0.287. The van der Waals surface area contributed by atoms with E-state index in [0.29, 0.717) is 0 Å². The number of allylic oxidation sites excluding steroid dienone is 1. The fourth-order valence-electron chi connectivity index (χ4n) is 8.11. The molecule has 2 heteroatoms. The van der Waals surface area contributed by atoms with Crippen LogP contribution < -0.4 is 0 Å². The van der Waals surface area contributed by atoms with E-state index in [-0.39, 0.29) is 5.92 Å². The highest BCUT2D eigenvalue weighted by atomic mass is 15.0. The highest BCUT2D eigenvalue weighted by Gasteiger charge is 2.24. The number of hydrogen-bond donors (Lipinski definition) is 0. The normalized spacial score (nSPS) is 14.0. The summed E-state index contributed by atoms with van der Waals surface area (Å²) in [4.78, 5) is 0. The van der Waals surface area contributed by atoms with Gasteiger partial charge in [-0.3, -0.25) is 0 Å². The first-order valence-electron chi connectivity index (χ1n) is 17.5. The number of nitrogens with zero attached hydrogens (tertiary/aromatic N) is 2. The molecule has 50 heavy (non-hydrogen) atoms. The Morgan fingerprint density at radius 2 is 1.00 bits per heavy atom. The molecule has 0 bridgehead atoms. The molecule has 7 aromatic carbocycles. The van der Waals surface area contributed by atoms with Crippen molar-refractivity contribution in [2.75, 3.05) is 0 Å². The topological polar surface area (TPSA) is 9.86 Å². The van der Waals surface area contributed by atoms with Crippen LogP contribution in [0.5, 0.6) is 0 Å². The predicted molar refractivity (Wildman–Crippen MR) is 210 cm³/mol. The van der Waals surface area contributed by atoms with Gasteiger partial charge in [0.1, 0.15) is 0 Å². The molecule has 1 aliphatic rings. The van der Waals surface area contributed by atoms with Crippen molar-refractivity contribution in [2.24, 2.45) is 0 Å². The Bertz CT molecular complexity index is 2710. The molecule has 2 aromatic heterocycles. The van der Waals surface area contributed by atoms with Crippen LogP contribution in [0.1, 0.15) is 22.7 Å². The molecule has 0 amide bonds. The fourth-order valence-corrected chi connectivity index (χ4v) is 8.11. The summed E-state index contributed by atoms with van der Waals surface area (Å²) in [6.45, 7) is 0. The Balaban J connectivity index is 1.05. The molecular weight excluding hydrogens is 605 g/mol. The van der Waals surface area contributed by atoms with Crippen molar-refractivity contribution in [2.45, 2.75) is 12.3 Å². The third-order valence-corrected chi connectivity index (χ3v) is 10.5. The Kier molecular flexibility index (Phi) is 6.67. The first kappa shape index (κ1) is 28.6. The minimum absolute atomic E-state index is 0.287. The van der Waals surface area contributed by atoms with Gasteiger partial charge in [0.05, 0.1) is 16.6 Å². The van der Waals surface area contributed by atoms with E-state index in [9.17, 15) is 0 Å². The van der Waals surface area contributed by atoms with E-state index < -0.39 is 0 Å². The number of rotatable bonds is 5. The lowest BCUT2D eigenvalue weighted by Gasteiger charge is -2.20. The molecule has 0 radical (unpaired) electrons. The van der Waals surface area contributed by atoms with Gasteiger partial charge in [0.25, 0.3) is 0 Å². The maximum absolute atomic E-state index is 2.44. The van der Waals surface area contributed by atoms with Crippen molar-refractivity contribution in [3.05, 3.63) is 199 Å². The van der Waals surface area contributed by atoms with E-state index in [4.69, 9.17) is 0 Å². The van der Waals surface area contributed by atoms with E-state index in [1.807, 2.05) is 0 Å². The lowest BCUT2D eigenvalue weighted by Crippen LogP contribution is -2.07. The van der Waals surface area contributed by atoms with Crippen LogP contribution in [0, 0.1) is 0 Å². The van der Waals surface area contributed by atoms with Gasteiger partial charge in [-0.25, -0.2) is 0 Å². The van der Waals surface area contributed by atoms with Crippen LogP contribution in [0.25, 0.3) is 72.4 Å².